The zero-order chi connectivity index (χ0) is 15.7. The summed E-state index contributed by atoms with van der Waals surface area (Å²) in [7, 11) is 0. The van der Waals surface area contributed by atoms with Crippen molar-refractivity contribution in [2.75, 3.05) is 0 Å². The second-order valence-electron chi connectivity index (χ2n) is 4.81. The zero-order valence-electron chi connectivity index (χ0n) is 11.5. The van der Waals surface area contributed by atoms with Crippen LogP contribution in [0.1, 0.15) is 16.1 Å². The lowest BCUT2D eigenvalue weighted by Crippen LogP contribution is -2.13. The molecule has 7 nitrogen and oxygen atoms in total. The first kappa shape index (κ1) is 13.7. The number of aromatic nitrogens is 2. The quantitative estimate of drug-likeness (QED) is 0.588. The van der Waals surface area contributed by atoms with Gasteiger partial charge in [0.1, 0.15) is 0 Å². The molecule has 3 aromatic rings. The second kappa shape index (κ2) is 5.28. The Hall–Kier alpha value is -3.22. The number of nitrogens with zero attached hydrogens (tertiary/aromatic N) is 3. The Kier molecular flexibility index (Phi) is 3.30. The van der Waals surface area contributed by atoms with Crippen LogP contribution in [0.5, 0.6) is 0 Å². The minimum atomic E-state index is -0.585. The maximum absolute atomic E-state index is 11.5. The highest BCUT2D eigenvalue weighted by atomic mass is 16.6. The molecule has 0 unspecified atom stereocenters. The van der Waals surface area contributed by atoms with Crippen molar-refractivity contribution in [2.24, 2.45) is 5.73 Å². The standard InChI is InChI=1S/C15H12N4O3/c16-15(20)14-12-3-1-2-4-13(12)18(17-14)9-10-5-7-11(8-6-10)19(21)22/h1-8H,9H2,(H2,16,20). The van der Waals surface area contributed by atoms with Crippen LogP contribution in [-0.2, 0) is 6.54 Å². The van der Waals surface area contributed by atoms with Gasteiger partial charge >= 0.3 is 0 Å². The lowest BCUT2D eigenvalue weighted by atomic mass is 10.2. The first-order chi connectivity index (χ1) is 10.6. The number of non-ortho nitro benzene ring substituents is 1. The van der Waals surface area contributed by atoms with E-state index in [1.54, 1.807) is 22.9 Å². The van der Waals surface area contributed by atoms with E-state index in [1.165, 1.54) is 12.1 Å². The molecule has 0 radical (unpaired) electrons. The summed E-state index contributed by atoms with van der Waals surface area (Å²) in [5, 5.41) is 15.6. The first-order valence-electron chi connectivity index (χ1n) is 6.55. The molecule has 1 aromatic heterocycles. The van der Waals surface area contributed by atoms with Crippen molar-refractivity contribution in [2.45, 2.75) is 6.54 Å². The van der Waals surface area contributed by atoms with Crippen molar-refractivity contribution in [3.63, 3.8) is 0 Å². The van der Waals surface area contributed by atoms with E-state index in [-0.39, 0.29) is 11.4 Å². The van der Waals surface area contributed by atoms with Gasteiger partial charge in [-0.2, -0.15) is 5.10 Å². The maximum atomic E-state index is 11.5. The largest absolute Gasteiger partial charge is 0.364 e. The number of nitrogens with two attached hydrogens (primary N) is 1. The highest BCUT2D eigenvalue weighted by Gasteiger charge is 2.14. The fourth-order valence-corrected chi connectivity index (χ4v) is 2.33. The van der Waals surface area contributed by atoms with Crippen LogP contribution in [0.25, 0.3) is 10.9 Å². The summed E-state index contributed by atoms with van der Waals surface area (Å²) >= 11 is 0. The monoisotopic (exact) mass is 296 g/mol. The molecule has 0 aliphatic carbocycles. The molecule has 0 saturated heterocycles. The summed E-state index contributed by atoms with van der Waals surface area (Å²) in [6.07, 6.45) is 0. The molecule has 0 saturated carbocycles. The fourth-order valence-electron chi connectivity index (χ4n) is 2.33. The summed E-state index contributed by atoms with van der Waals surface area (Å²) in [6, 6.07) is 13.5. The van der Waals surface area contributed by atoms with E-state index < -0.39 is 10.8 Å². The number of fused-ring (bicyclic) bond motifs is 1. The lowest BCUT2D eigenvalue weighted by molar-refractivity contribution is -0.384. The van der Waals surface area contributed by atoms with Crippen LogP contribution >= 0.6 is 0 Å². The van der Waals surface area contributed by atoms with Gasteiger partial charge in [-0.1, -0.05) is 30.3 Å². The summed E-state index contributed by atoms with van der Waals surface area (Å²) in [4.78, 5) is 21.7. The van der Waals surface area contributed by atoms with E-state index in [1.807, 2.05) is 18.2 Å². The molecular formula is C15H12N4O3. The number of primary amides is 1. The van der Waals surface area contributed by atoms with Crippen LogP contribution in [0.4, 0.5) is 5.69 Å². The summed E-state index contributed by atoms with van der Waals surface area (Å²) in [5.74, 6) is -0.585. The molecule has 110 valence electrons. The van der Waals surface area contributed by atoms with E-state index >= 15 is 0 Å². The minimum absolute atomic E-state index is 0.0342. The van der Waals surface area contributed by atoms with Gasteiger partial charge in [0.25, 0.3) is 11.6 Å². The van der Waals surface area contributed by atoms with Gasteiger partial charge in [-0.15, -0.1) is 0 Å². The highest BCUT2D eigenvalue weighted by Crippen LogP contribution is 2.20. The summed E-state index contributed by atoms with van der Waals surface area (Å²) in [6.45, 7) is 0.395. The molecule has 0 aliphatic rings. The molecular weight excluding hydrogens is 284 g/mol. The lowest BCUT2D eigenvalue weighted by Gasteiger charge is -2.03. The third-order valence-corrected chi connectivity index (χ3v) is 3.37. The molecule has 0 atom stereocenters. The normalized spacial score (nSPS) is 10.7. The number of amides is 1. The average molecular weight is 296 g/mol. The fraction of sp³-hybridized carbons (Fsp3) is 0.0667. The SMILES string of the molecule is NC(=O)c1nn(Cc2ccc([N+](=O)[O-])cc2)c2ccccc12. The van der Waals surface area contributed by atoms with Gasteiger partial charge in [0, 0.05) is 17.5 Å². The Labute approximate surface area is 125 Å². The molecule has 3 rings (SSSR count). The topological polar surface area (TPSA) is 104 Å². The molecule has 0 spiro atoms. The average Bonchev–Trinajstić information content (AvgIpc) is 2.87. The zero-order valence-corrected chi connectivity index (χ0v) is 11.5. The van der Waals surface area contributed by atoms with E-state index in [0.29, 0.717) is 11.9 Å². The van der Waals surface area contributed by atoms with Gasteiger partial charge in [-0.25, -0.2) is 0 Å². The molecule has 2 N–H and O–H groups in total. The van der Waals surface area contributed by atoms with Gasteiger partial charge in [0.2, 0.25) is 0 Å². The van der Waals surface area contributed by atoms with E-state index in [2.05, 4.69) is 5.10 Å². The Morgan fingerprint density at radius 3 is 2.50 bits per heavy atom. The number of nitro benzene ring substituents is 1. The predicted molar refractivity (Wildman–Crippen MR) is 80.4 cm³/mol. The van der Waals surface area contributed by atoms with Crippen molar-refractivity contribution >= 4 is 22.5 Å². The number of para-hydroxylation sites is 1. The number of carbonyl (C=O) groups is 1. The number of rotatable bonds is 4. The maximum Gasteiger partial charge on any atom is 0.269 e. The number of benzene rings is 2. The number of hydrogen-bond acceptors (Lipinski definition) is 4. The minimum Gasteiger partial charge on any atom is -0.364 e. The summed E-state index contributed by atoms with van der Waals surface area (Å²) in [5.41, 5.74) is 7.23. The van der Waals surface area contributed by atoms with Crippen molar-refractivity contribution in [1.82, 2.24) is 9.78 Å². The first-order valence-corrected chi connectivity index (χ1v) is 6.55. The molecule has 0 fully saturated rings. The van der Waals surface area contributed by atoms with Crippen molar-refractivity contribution in [3.8, 4) is 0 Å². The second-order valence-corrected chi connectivity index (χ2v) is 4.81. The number of carbonyl (C=O) groups excluding carboxylic acids is 1. The molecule has 22 heavy (non-hydrogen) atoms. The van der Waals surface area contributed by atoms with E-state index in [0.717, 1.165) is 11.1 Å². The molecule has 1 amide bonds. The van der Waals surface area contributed by atoms with Crippen LogP contribution < -0.4 is 5.73 Å². The van der Waals surface area contributed by atoms with Crippen LogP contribution in [0.3, 0.4) is 0 Å². The highest BCUT2D eigenvalue weighted by molar-refractivity contribution is 6.04. The van der Waals surface area contributed by atoms with Crippen molar-refractivity contribution in [3.05, 3.63) is 69.9 Å². The van der Waals surface area contributed by atoms with Crippen LogP contribution in [-0.4, -0.2) is 20.6 Å². The Morgan fingerprint density at radius 1 is 1.18 bits per heavy atom. The molecule has 0 bridgehead atoms. The molecule has 1 heterocycles. The Morgan fingerprint density at radius 2 is 1.86 bits per heavy atom. The molecule has 2 aromatic carbocycles. The number of hydrogen-bond donors (Lipinski definition) is 1. The molecule has 0 aliphatic heterocycles. The van der Waals surface area contributed by atoms with Crippen molar-refractivity contribution < 1.29 is 9.72 Å². The van der Waals surface area contributed by atoms with Crippen LogP contribution in [0.15, 0.2) is 48.5 Å². The Bertz CT molecular complexity index is 868. The van der Waals surface area contributed by atoms with Crippen LogP contribution in [0, 0.1) is 10.1 Å². The smallest absolute Gasteiger partial charge is 0.269 e. The number of nitro groups is 1. The van der Waals surface area contributed by atoms with Crippen LogP contribution in [0.2, 0.25) is 0 Å². The third-order valence-electron chi connectivity index (χ3n) is 3.37. The third kappa shape index (κ3) is 2.39. The molecule has 7 heteroatoms. The van der Waals surface area contributed by atoms with Crippen molar-refractivity contribution in [1.29, 1.82) is 0 Å². The van der Waals surface area contributed by atoms with Gasteiger partial charge < -0.3 is 5.73 Å². The Balaban J connectivity index is 2.00. The summed E-state index contributed by atoms with van der Waals surface area (Å²) < 4.78 is 1.66. The predicted octanol–water partition coefficient (Wildman–Crippen LogP) is 2.09. The van der Waals surface area contributed by atoms with Gasteiger partial charge in [-0.3, -0.25) is 19.6 Å². The van der Waals surface area contributed by atoms with Gasteiger partial charge in [0.05, 0.1) is 17.0 Å². The van der Waals surface area contributed by atoms with Gasteiger partial charge in [-0.05, 0) is 11.6 Å². The van der Waals surface area contributed by atoms with E-state index in [9.17, 15) is 14.9 Å². The van der Waals surface area contributed by atoms with Gasteiger partial charge in [0.15, 0.2) is 5.69 Å². The van der Waals surface area contributed by atoms with E-state index in [4.69, 9.17) is 5.73 Å².